The molecular formula is C17H15N3O4S. The van der Waals surface area contributed by atoms with Gasteiger partial charge in [-0.15, -0.1) is 6.42 Å². The molecule has 2 aromatic rings. The van der Waals surface area contributed by atoms with E-state index >= 15 is 0 Å². The zero-order chi connectivity index (χ0) is 17.8. The number of thiazole rings is 1. The van der Waals surface area contributed by atoms with Crippen molar-refractivity contribution >= 4 is 39.1 Å². The Morgan fingerprint density at radius 2 is 2.28 bits per heavy atom. The third kappa shape index (κ3) is 3.72. The number of carbonyl (C=O) groups excluding carboxylic acids is 2. The van der Waals surface area contributed by atoms with Gasteiger partial charge >= 0.3 is 5.91 Å². The number of nitrogens with zero attached hydrogens (tertiary/aromatic N) is 2. The number of hydrogen-bond donors (Lipinski definition) is 1. The smallest absolute Gasteiger partial charge is 0.317 e. The summed E-state index contributed by atoms with van der Waals surface area (Å²) in [5, 5.41) is 2.73. The molecule has 1 aliphatic rings. The Kier molecular flexibility index (Phi) is 4.86. The predicted molar refractivity (Wildman–Crippen MR) is 93.5 cm³/mol. The van der Waals surface area contributed by atoms with Crippen LogP contribution < -0.4 is 10.1 Å². The minimum Gasteiger partial charge on any atom is -0.494 e. The maximum Gasteiger partial charge on any atom is 0.317 e. The largest absolute Gasteiger partial charge is 0.494 e. The van der Waals surface area contributed by atoms with E-state index in [-0.39, 0.29) is 18.2 Å². The van der Waals surface area contributed by atoms with Gasteiger partial charge < -0.3 is 19.4 Å². The van der Waals surface area contributed by atoms with Crippen LogP contribution in [0.25, 0.3) is 10.2 Å². The number of carbonyl (C=O) groups is 2. The van der Waals surface area contributed by atoms with Gasteiger partial charge in [-0.25, -0.2) is 0 Å². The zero-order valence-corrected chi connectivity index (χ0v) is 14.3. The molecule has 0 radical (unpaired) electrons. The van der Waals surface area contributed by atoms with Crippen molar-refractivity contribution in [3.05, 3.63) is 35.0 Å². The van der Waals surface area contributed by atoms with Crippen molar-refractivity contribution in [3.63, 3.8) is 0 Å². The van der Waals surface area contributed by atoms with Crippen molar-refractivity contribution in [2.24, 2.45) is 4.99 Å². The number of nitrogens with one attached hydrogen (secondary N) is 1. The molecule has 0 aliphatic carbocycles. The van der Waals surface area contributed by atoms with Crippen LogP contribution in [0.1, 0.15) is 6.92 Å². The van der Waals surface area contributed by atoms with Crippen LogP contribution in [0.15, 0.2) is 35.2 Å². The summed E-state index contributed by atoms with van der Waals surface area (Å²) < 4.78 is 12.9. The molecule has 0 saturated carbocycles. The van der Waals surface area contributed by atoms with Crippen LogP contribution in [0.3, 0.4) is 0 Å². The van der Waals surface area contributed by atoms with Crippen LogP contribution >= 0.6 is 11.3 Å². The lowest BCUT2D eigenvalue weighted by Crippen LogP contribution is -2.19. The first-order valence-corrected chi connectivity index (χ1v) is 8.28. The molecule has 2 amide bonds. The molecule has 0 bridgehead atoms. The Morgan fingerprint density at radius 1 is 1.44 bits per heavy atom. The number of terminal acetylenes is 1. The summed E-state index contributed by atoms with van der Waals surface area (Å²) in [4.78, 5) is 28.0. The molecule has 0 spiro atoms. The quantitative estimate of drug-likeness (QED) is 0.846. The lowest BCUT2D eigenvalue weighted by Gasteiger charge is -2.12. The maximum absolute atomic E-state index is 12.3. The topological polar surface area (TPSA) is 81.9 Å². The average Bonchev–Trinajstić information content (AvgIpc) is 2.92. The van der Waals surface area contributed by atoms with Crippen LogP contribution in [0.2, 0.25) is 0 Å². The maximum atomic E-state index is 12.3. The summed E-state index contributed by atoms with van der Waals surface area (Å²) in [6.07, 6.45) is 6.71. The van der Waals surface area contributed by atoms with E-state index in [1.54, 1.807) is 10.6 Å². The predicted octanol–water partition coefficient (Wildman–Crippen LogP) is 1.61. The van der Waals surface area contributed by atoms with Crippen LogP contribution in [0.5, 0.6) is 0 Å². The van der Waals surface area contributed by atoms with Gasteiger partial charge in [-0.3, -0.25) is 9.59 Å². The van der Waals surface area contributed by atoms with E-state index in [1.165, 1.54) is 24.5 Å². The molecule has 0 saturated heterocycles. The molecule has 7 nitrogen and oxygen atoms in total. The van der Waals surface area contributed by atoms with Crippen molar-refractivity contribution in [1.29, 1.82) is 0 Å². The molecule has 128 valence electrons. The summed E-state index contributed by atoms with van der Waals surface area (Å²) in [5.74, 6) is 1.94. The molecular weight excluding hydrogens is 342 g/mol. The van der Waals surface area contributed by atoms with Gasteiger partial charge in [0, 0.05) is 12.6 Å². The zero-order valence-electron chi connectivity index (χ0n) is 13.4. The third-order valence-electron chi connectivity index (χ3n) is 3.31. The fraction of sp³-hybridized carbons (Fsp3) is 0.235. The van der Waals surface area contributed by atoms with Gasteiger partial charge in [0.25, 0.3) is 0 Å². The lowest BCUT2D eigenvalue weighted by molar-refractivity contribution is -0.119. The number of benzene rings is 1. The number of amides is 2. The van der Waals surface area contributed by atoms with Crippen molar-refractivity contribution in [3.8, 4) is 12.3 Å². The Morgan fingerprint density at radius 3 is 2.96 bits per heavy atom. The van der Waals surface area contributed by atoms with Crippen molar-refractivity contribution in [1.82, 2.24) is 4.57 Å². The second-order valence-corrected chi connectivity index (χ2v) is 6.17. The van der Waals surface area contributed by atoms with Crippen LogP contribution in [-0.4, -0.2) is 29.6 Å². The highest BCUT2D eigenvalue weighted by molar-refractivity contribution is 7.16. The molecule has 3 rings (SSSR count). The first kappa shape index (κ1) is 16.8. The molecule has 1 aromatic heterocycles. The molecule has 1 aliphatic heterocycles. The number of fused-ring (bicyclic) bond motifs is 1. The van der Waals surface area contributed by atoms with Crippen molar-refractivity contribution in [2.75, 3.05) is 18.5 Å². The molecule has 8 heteroatoms. The normalized spacial score (nSPS) is 14.2. The van der Waals surface area contributed by atoms with E-state index in [4.69, 9.17) is 15.9 Å². The summed E-state index contributed by atoms with van der Waals surface area (Å²) in [5.41, 5.74) is 1.50. The number of ether oxygens (including phenoxy) is 2. The van der Waals surface area contributed by atoms with Gasteiger partial charge in [0.15, 0.2) is 4.80 Å². The number of anilines is 1. The highest BCUT2D eigenvalue weighted by atomic mass is 32.1. The minimum absolute atomic E-state index is 0.0647. The van der Waals surface area contributed by atoms with Gasteiger partial charge in [-0.05, 0) is 18.2 Å². The van der Waals surface area contributed by atoms with E-state index in [0.29, 0.717) is 23.7 Å². The average molecular weight is 357 g/mol. The first-order valence-electron chi connectivity index (χ1n) is 7.46. The Hall–Kier alpha value is -3.05. The van der Waals surface area contributed by atoms with E-state index in [9.17, 15) is 9.59 Å². The Labute approximate surface area is 147 Å². The first-order chi connectivity index (χ1) is 12.1. The summed E-state index contributed by atoms with van der Waals surface area (Å²) in [7, 11) is 0. The Bertz CT molecular complexity index is 978. The van der Waals surface area contributed by atoms with Gasteiger partial charge in [0.2, 0.25) is 11.7 Å². The molecule has 0 fully saturated rings. The molecule has 0 unspecified atom stereocenters. The molecule has 2 heterocycles. The highest BCUT2D eigenvalue weighted by Crippen LogP contribution is 2.22. The van der Waals surface area contributed by atoms with Gasteiger partial charge in [-0.2, -0.15) is 4.99 Å². The monoisotopic (exact) mass is 357 g/mol. The number of aromatic nitrogens is 1. The van der Waals surface area contributed by atoms with Crippen molar-refractivity contribution < 1.29 is 19.1 Å². The minimum atomic E-state index is -0.529. The van der Waals surface area contributed by atoms with Crippen molar-refractivity contribution in [2.45, 2.75) is 13.5 Å². The SMILES string of the molecule is C#CCn1c(=NC(=O)C2=COCCO2)sc2cc(NC(C)=O)ccc21. The lowest BCUT2D eigenvalue weighted by atomic mass is 10.3. The standard InChI is InChI=1S/C17H15N3O4S/c1-3-6-20-13-5-4-12(18-11(2)21)9-15(13)25-17(20)19-16(22)14-10-23-7-8-24-14/h1,4-5,9-10H,6-8H2,2H3,(H,18,21). The summed E-state index contributed by atoms with van der Waals surface area (Å²) in [6.45, 7) is 2.42. The van der Waals surface area contributed by atoms with Gasteiger partial charge in [0.1, 0.15) is 19.5 Å². The third-order valence-corrected chi connectivity index (χ3v) is 4.35. The fourth-order valence-electron chi connectivity index (χ4n) is 2.31. The second-order valence-electron chi connectivity index (χ2n) is 5.16. The molecule has 25 heavy (non-hydrogen) atoms. The van der Waals surface area contributed by atoms with Crippen LogP contribution in [0, 0.1) is 12.3 Å². The van der Waals surface area contributed by atoms with Gasteiger partial charge in [0.05, 0.1) is 16.8 Å². The van der Waals surface area contributed by atoms with Crippen LogP contribution in [0.4, 0.5) is 5.69 Å². The Balaban J connectivity index is 2.06. The van der Waals surface area contributed by atoms with E-state index in [0.717, 1.165) is 10.2 Å². The second kappa shape index (κ2) is 7.23. The van der Waals surface area contributed by atoms with Gasteiger partial charge in [-0.1, -0.05) is 17.3 Å². The molecule has 1 N–H and O–H groups in total. The number of hydrogen-bond acceptors (Lipinski definition) is 5. The summed E-state index contributed by atoms with van der Waals surface area (Å²) >= 11 is 1.30. The van der Waals surface area contributed by atoms with Crippen LogP contribution in [-0.2, 0) is 25.6 Å². The molecule has 1 aromatic carbocycles. The van der Waals surface area contributed by atoms with E-state index in [1.807, 2.05) is 12.1 Å². The summed E-state index contributed by atoms with van der Waals surface area (Å²) in [6, 6.07) is 5.42. The van der Waals surface area contributed by atoms with E-state index in [2.05, 4.69) is 16.2 Å². The fourth-order valence-corrected chi connectivity index (χ4v) is 3.37. The highest BCUT2D eigenvalue weighted by Gasteiger charge is 2.15. The number of rotatable bonds is 3. The molecule has 0 atom stereocenters. The van der Waals surface area contributed by atoms with E-state index < -0.39 is 5.91 Å².